The highest BCUT2D eigenvalue weighted by Gasteiger charge is 2.25. The lowest BCUT2D eigenvalue weighted by molar-refractivity contribution is 0.0669. The van der Waals surface area contributed by atoms with Gasteiger partial charge in [0.25, 0.3) is 5.91 Å². The van der Waals surface area contributed by atoms with Gasteiger partial charge in [-0.2, -0.15) is 5.10 Å². The van der Waals surface area contributed by atoms with Gasteiger partial charge in [0.2, 0.25) is 0 Å². The summed E-state index contributed by atoms with van der Waals surface area (Å²) in [6, 6.07) is 0. The Bertz CT molecular complexity index is 386. The van der Waals surface area contributed by atoms with Crippen LogP contribution in [0.15, 0.2) is 6.20 Å². The van der Waals surface area contributed by atoms with Crippen LogP contribution < -0.4 is 5.73 Å². The van der Waals surface area contributed by atoms with Gasteiger partial charge >= 0.3 is 0 Å². The van der Waals surface area contributed by atoms with Gasteiger partial charge < -0.3 is 10.6 Å². The molecule has 1 aliphatic rings. The van der Waals surface area contributed by atoms with E-state index >= 15 is 0 Å². The molecule has 5 heteroatoms. The summed E-state index contributed by atoms with van der Waals surface area (Å²) in [5, 5.41) is 6.71. The molecule has 1 aromatic heterocycles. The van der Waals surface area contributed by atoms with E-state index in [1.807, 2.05) is 11.8 Å². The molecule has 0 saturated carbocycles. The van der Waals surface area contributed by atoms with Crippen LogP contribution in [0.4, 0.5) is 0 Å². The second-order valence-corrected chi connectivity index (χ2v) is 4.75. The fourth-order valence-corrected chi connectivity index (χ4v) is 2.46. The van der Waals surface area contributed by atoms with Crippen molar-refractivity contribution in [1.29, 1.82) is 0 Å². The number of piperidine rings is 1. The molecule has 0 radical (unpaired) electrons. The number of carbonyl (C=O) groups is 1. The summed E-state index contributed by atoms with van der Waals surface area (Å²) in [6.45, 7) is 4.27. The molecule has 1 aliphatic heterocycles. The Morgan fingerprint density at radius 3 is 3.18 bits per heavy atom. The fourth-order valence-electron chi connectivity index (χ4n) is 2.46. The third-order valence-corrected chi connectivity index (χ3v) is 3.44. The molecular weight excluding hydrogens is 216 g/mol. The van der Waals surface area contributed by atoms with Crippen molar-refractivity contribution in [1.82, 2.24) is 15.1 Å². The van der Waals surface area contributed by atoms with Crippen LogP contribution in [0, 0.1) is 12.8 Å². The van der Waals surface area contributed by atoms with Crippen molar-refractivity contribution < 1.29 is 4.79 Å². The van der Waals surface area contributed by atoms with E-state index in [-0.39, 0.29) is 5.91 Å². The SMILES string of the molecule is Cc1[nH]ncc1C(=O)N1CCCC(CCN)C1. The van der Waals surface area contributed by atoms with Crippen LogP contribution in [0.3, 0.4) is 0 Å². The Balaban J connectivity index is 2.02. The lowest BCUT2D eigenvalue weighted by Gasteiger charge is -2.32. The van der Waals surface area contributed by atoms with Crippen LogP contribution in [0.1, 0.15) is 35.3 Å². The van der Waals surface area contributed by atoms with Crippen molar-refractivity contribution in [2.75, 3.05) is 19.6 Å². The molecule has 0 aliphatic carbocycles. The first-order valence-corrected chi connectivity index (χ1v) is 6.21. The lowest BCUT2D eigenvalue weighted by atomic mass is 9.94. The minimum atomic E-state index is 0.0953. The highest BCUT2D eigenvalue weighted by Crippen LogP contribution is 2.21. The minimum Gasteiger partial charge on any atom is -0.338 e. The number of hydrogen-bond donors (Lipinski definition) is 2. The molecule has 3 N–H and O–H groups in total. The summed E-state index contributed by atoms with van der Waals surface area (Å²) in [5.74, 6) is 0.655. The molecule has 2 rings (SSSR count). The number of nitrogens with two attached hydrogens (primary N) is 1. The van der Waals surface area contributed by atoms with Gasteiger partial charge in [0.1, 0.15) is 0 Å². The standard InChI is InChI=1S/C12H20N4O/c1-9-11(7-14-15-9)12(17)16-6-2-3-10(8-16)4-5-13/h7,10H,2-6,8,13H2,1H3,(H,14,15). The van der Waals surface area contributed by atoms with Crippen molar-refractivity contribution in [3.8, 4) is 0 Å². The van der Waals surface area contributed by atoms with Crippen molar-refractivity contribution in [2.45, 2.75) is 26.2 Å². The van der Waals surface area contributed by atoms with Gasteiger partial charge in [0.05, 0.1) is 11.8 Å². The predicted octanol–water partition coefficient (Wildman–Crippen LogP) is 0.919. The largest absolute Gasteiger partial charge is 0.338 e. The number of aryl methyl sites for hydroxylation is 1. The molecule has 5 nitrogen and oxygen atoms in total. The maximum absolute atomic E-state index is 12.3. The molecule has 0 spiro atoms. The van der Waals surface area contributed by atoms with E-state index in [0.717, 1.165) is 31.6 Å². The molecule has 1 unspecified atom stereocenters. The molecule has 0 aromatic carbocycles. The minimum absolute atomic E-state index is 0.0953. The van der Waals surface area contributed by atoms with Crippen LogP contribution in [-0.2, 0) is 0 Å². The molecule has 1 fully saturated rings. The topological polar surface area (TPSA) is 75.0 Å². The highest BCUT2D eigenvalue weighted by atomic mass is 16.2. The monoisotopic (exact) mass is 236 g/mol. The van der Waals surface area contributed by atoms with Crippen LogP contribution in [-0.4, -0.2) is 40.6 Å². The Morgan fingerprint density at radius 2 is 2.53 bits per heavy atom. The van der Waals surface area contributed by atoms with Crippen molar-refractivity contribution in [2.24, 2.45) is 11.7 Å². The summed E-state index contributed by atoms with van der Waals surface area (Å²) in [5.41, 5.74) is 7.12. The van der Waals surface area contributed by atoms with E-state index in [2.05, 4.69) is 10.2 Å². The van der Waals surface area contributed by atoms with Gasteiger partial charge in [-0.3, -0.25) is 9.89 Å². The Labute approximate surface area is 101 Å². The Morgan fingerprint density at radius 1 is 1.71 bits per heavy atom. The quantitative estimate of drug-likeness (QED) is 0.819. The summed E-state index contributed by atoms with van der Waals surface area (Å²) in [4.78, 5) is 14.2. The summed E-state index contributed by atoms with van der Waals surface area (Å²) in [7, 11) is 0. The summed E-state index contributed by atoms with van der Waals surface area (Å²) in [6.07, 6.45) is 4.89. The number of rotatable bonds is 3. The molecule has 1 atom stereocenters. The second-order valence-electron chi connectivity index (χ2n) is 4.75. The van der Waals surface area contributed by atoms with E-state index in [4.69, 9.17) is 5.73 Å². The molecule has 1 aromatic rings. The highest BCUT2D eigenvalue weighted by molar-refractivity contribution is 5.95. The third kappa shape index (κ3) is 2.66. The average Bonchev–Trinajstić information content (AvgIpc) is 2.75. The first kappa shape index (κ1) is 12.1. The first-order valence-electron chi connectivity index (χ1n) is 6.21. The predicted molar refractivity (Wildman–Crippen MR) is 65.6 cm³/mol. The number of aromatic nitrogens is 2. The van der Waals surface area contributed by atoms with Gasteiger partial charge in [-0.15, -0.1) is 0 Å². The van der Waals surface area contributed by atoms with Crippen molar-refractivity contribution in [3.05, 3.63) is 17.5 Å². The summed E-state index contributed by atoms with van der Waals surface area (Å²) >= 11 is 0. The van der Waals surface area contributed by atoms with E-state index in [1.54, 1.807) is 6.20 Å². The third-order valence-electron chi connectivity index (χ3n) is 3.44. The van der Waals surface area contributed by atoms with Crippen LogP contribution >= 0.6 is 0 Å². The van der Waals surface area contributed by atoms with Gasteiger partial charge in [0, 0.05) is 18.8 Å². The number of carbonyl (C=O) groups excluding carboxylic acids is 1. The summed E-state index contributed by atoms with van der Waals surface area (Å²) < 4.78 is 0. The van der Waals surface area contributed by atoms with Gasteiger partial charge in [0.15, 0.2) is 0 Å². The molecule has 1 saturated heterocycles. The van der Waals surface area contributed by atoms with E-state index in [9.17, 15) is 4.79 Å². The Hall–Kier alpha value is -1.36. The van der Waals surface area contributed by atoms with Crippen LogP contribution in [0.2, 0.25) is 0 Å². The number of nitrogens with zero attached hydrogens (tertiary/aromatic N) is 2. The molecule has 2 heterocycles. The van der Waals surface area contributed by atoms with E-state index < -0.39 is 0 Å². The molecule has 0 bridgehead atoms. The van der Waals surface area contributed by atoms with Gasteiger partial charge in [-0.05, 0) is 38.6 Å². The smallest absolute Gasteiger partial charge is 0.257 e. The van der Waals surface area contributed by atoms with Gasteiger partial charge in [-0.1, -0.05) is 0 Å². The van der Waals surface area contributed by atoms with Crippen molar-refractivity contribution >= 4 is 5.91 Å². The van der Waals surface area contributed by atoms with Gasteiger partial charge in [-0.25, -0.2) is 0 Å². The zero-order valence-corrected chi connectivity index (χ0v) is 10.3. The molecule has 1 amide bonds. The Kier molecular flexibility index (Phi) is 3.78. The number of amides is 1. The number of hydrogen-bond acceptors (Lipinski definition) is 3. The van der Waals surface area contributed by atoms with Crippen LogP contribution in [0.25, 0.3) is 0 Å². The van der Waals surface area contributed by atoms with Crippen molar-refractivity contribution in [3.63, 3.8) is 0 Å². The number of H-pyrrole nitrogens is 1. The first-order chi connectivity index (χ1) is 8.22. The maximum Gasteiger partial charge on any atom is 0.257 e. The van der Waals surface area contributed by atoms with E-state index in [0.29, 0.717) is 18.0 Å². The molecule has 94 valence electrons. The zero-order chi connectivity index (χ0) is 12.3. The average molecular weight is 236 g/mol. The van der Waals surface area contributed by atoms with Crippen LogP contribution in [0.5, 0.6) is 0 Å². The second kappa shape index (κ2) is 5.31. The van der Waals surface area contributed by atoms with E-state index in [1.165, 1.54) is 6.42 Å². The number of nitrogens with one attached hydrogen (secondary N) is 1. The maximum atomic E-state index is 12.3. The number of likely N-dealkylation sites (tertiary alicyclic amines) is 1. The molecule has 17 heavy (non-hydrogen) atoms. The fraction of sp³-hybridized carbons (Fsp3) is 0.667. The zero-order valence-electron chi connectivity index (χ0n) is 10.3. The normalized spacial score (nSPS) is 20.6. The number of aromatic amines is 1. The molecular formula is C12H20N4O. The lowest BCUT2D eigenvalue weighted by Crippen LogP contribution is -2.40.